The van der Waals surface area contributed by atoms with Crippen LogP contribution in [0.4, 0.5) is 18.9 Å². The molecule has 3 aliphatic rings. The average Bonchev–Trinajstić information content (AvgIpc) is 3.61. The molecular formula is C29H31F3N6O3S. The van der Waals surface area contributed by atoms with Gasteiger partial charge < -0.3 is 14.6 Å². The molecule has 13 heteroatoms. The number of aromatic nitrogens is 3. The van der Waals surface area contributed by atoms with Gasteiger partial charge in [-0.1, -0.05) is 31.4 Å². The second kappa shape index (κ2) is 12.6. The number of rotatable bonds is 5. The minimum atomic E-state index is -4.59. The van der Waals surface area contributed by atoms with Crippen LogP contribution in [0.2, 0.25) is 0 Å². The molecule has 6 rings (SSSR count). The number of carbonyl (C=O) groups excluding carboxylic acids is 1. The quantitative estimate of drug-likeness (QED) is 0.428. The largest absolute Gasteiger partial charge is 0.451 e. The lowest BCUT2D eigenvalue weighted by Crippen LogP contribution is -2.40. The number of oxazole rings is 1. The van der Waals surface area contributed by atoms with Gasteiger partial charge in [-0.3, -0.25) is 9.00 Å². The second-order valence-electron chi connectivity index (χ2n) is 10.7. The van der Waals surface area contributed by atoms with Crippen molar-refractivity contribution in [2.45, 2.75) is 56.7 Å². The van der Waals surface area contributed by atoms with E-state index in [2.05, 4.69) is 31.2 Å². The normalized spacial score (nSPS) is 18.9. The first kappa shape index (κ1) is 29.7. The van der Waals surface area contributed by atoms with Crippen LogP contribution in [0, 0.1) is 17.2 Å². The topological polar surface area (TPSA) is 125 Å². The zero-order valence-electron chi connectivity index (χ0n) is 22.9. The van der Waals surface area contributed by atoms with E-state index in [1.54, 1.807) is 0 Å². The highest BCUT2D eigenvalue weighted by molar-refractivity contribution is 7.85. The summed E-state index contributed by atoms with van der Waals surface area (Å²) in [5.41, 5.74) is 2.19. The summed E-state index contributed by atoms with van der Waals surface area (Å²) < 4.78 is 54.5. The van der Waals surface area contributed by atoms with Gasteiger partial charge in [-0.15, -0.1) is 0 Å². The van der Waals surface area contributed by atoms with Crippen LogP contribution in [0.3, 0.4) is 0 Å². The maximum absolute atomic E-state index is 12.6. The summed E-state index contributed by atoms with van der Waals surface area (Å²) in [7, 11) is -0.728. The van der Waals surface area contributed by atoms with Gasteiger partial charge >= 0.3 is 6.18 Å². The van der Waals surface area contributed by atoms with Crippen molar-refractivity contribution < 1.29 is 26.6 Å². The van der Waals surface area contributed by atoms with Crippen molar-refractivity contribution in [3.05, 3.63) is 48.7 Å². The Morgan fingerprint density at radius 3 is 2.26 bits per heavy atom. The number of benzene rings is 1. The van der Waals surface area contributed by atoms with Crippen LogP contribution >= 0.6 is 0 Å². The van der Waals surface area contributed by atoms with Crippen LogP contribution in [0.15, 0.2) is 47.3 Å². The Labute approximate surface area is 244 Å². The van der Waals surface area contributed by atoms with Crippen molar-refractivity contribution in [3.8, 4) is 28.8 Å². The van der Waals surface area contributed by atoms with Crippen molar-refractivity contribution >= 4 is 22.4 Å². The van der Waals surface area contributed by atoms with E-state index >= 15 is 0 Å². The van der Waals surface area contributed by atoms with Gasteiger partial charge in [-0.25, -0.2) is 15.0 Å². The van der Waals surface area contributed by atoms with Gasteiger partial charge in [0.05, 0.1) is 11.6 Å². The molecule has 1 aliphatic heterocycles. The van der Waals surface area contributed by atoms with E-state index in [1.807, 2.05) is 24.3 Å². The molecule has 2 saturated carbocycles. The number of alkyl halides is 3. The molecule has 0 spiro atoms. The van der Waals surface area contributed by atoms with Crippen molar-refractivity contribution in [1.29, 1.82) is 5.26 Å². The van der Waals surface area contributed by atoms with Gasteiger partial charge in [0, 0.05) is 65.0 Å². The van der Waals surface area contributed by atoms with Gasteiger partial charge in [0.2, 0.25) is 17.6 Å². The van der Waals surface area contributed by atoms with Crippen LogP contribution in [0.5, 0.6) is 0 Å². The van der Waals surface area contributed by atoms with Gasteiger partial charge in [0.25, 0.3) is 0 Å². The number of halogens is 3. The molecule has 3 fully saturated rings. The van der Waals surface area contributed by atoms with Crippen molar-refractivity contribution in [1.82, 2.24) is 20.3 Å². The van der Waals surface area contributed by atoms with E-state index in [9.17, 15) is 22.2 Å². The molecule has 0 unspecified atom stereocenters. The molecule has 0 bridgehead atoms. The Balaban J connectivity index is 0.000000211. The summed E-state index contributed by atoms with van der Waals surface area (Å²) in [5, 5.41) is 11.7. The number of nitrogens with one attached hydrogen (secondary N) is 1. The maximum Gasteiger partial charge on any atom is 0.451 e. The van der Waals surface area contributed by atoms with Crippen LogP contribution in [-0.2, 0) is 21.8 Å². The van der Waals surface area contributed by atoms with Gasteiger partial charge in [-0.2, -0.15) is 18.4 Å². The number of nitrogens with zero attached hydrogens (tertiary/aromatic N) is 5. The van der Waals surface area contributed by atoms with Crippen LogP contribution in [0.1, 0.15) is 50.8 Å². The predicted octanol–water partition coefficient (Wildman–Crippen LogP) is 5.13. The number of anilines is 1. The Morgan fingerprint density at radius 2 is 1.69 bits per heavy atom. The van der Waals surface area contributed by atoms with E-state index in [1.165, 1.54) is 12.7 Å². The van der Waals surface area contributed by atoms with Crippen molar-refractivity contribution in [2.75, 3.05) is 29.5 Å². The minimum Gasteiger partial charge on any atom is -0.444 e. The van der Waals surface area contributed by atoms with E-state index in [0.29, 0.717) is 17.2 Å². The average molecular weight is 601 g/mol. The van der Waals surface area contributed by atoms with Gasteiger partial charge in [0.15, 0.2) is 0 Å². The number of hydrogen-bond donors (Lipinski definition) is 1. The molecule has 0 atom stereocenters. The second-order valence-corrected chi connectivity index (χ2v) is 12.4. The smallest absolute Gasteiger partial charge is 0.444 e. The zero-order chi connectivity index (χ0) is 29.7. The lowest BCUT2D eigenvalue weighted by Gasteiger charge is -2.28. The first-order valence-corrected chi connectivity index (χ1v) is 15.4. The Morgan fingerprint density at radius 1 is 1.05 bits per heavy atom. The fraction of sp³-hybridized carbons (Fsp3) is 0.483. The molecule has 42 heavy (non-hydrogen) atoms. The predicted molar refractivity (Wildman–Crippen MR) is 150 cm³/mol. The molecule has 3 heterocycles. The molecule has 1 N–H and O–H groups in total. The van der Waals surface area contributed by atoms with Crippen molar-refractivity contribution in [2.24, 2.45) is 5.92 Å². The van der Waals surface area contributed by atoms with E-state index in [0.717, 1.165) is 75.3 Å². The molecule has 3 aromatic rings. The standard InChI is InChI=1S/C18H15F3N4O2S.C11H16N2O/c19-18(20,21)17-22-9-13(10-23-17)16-24-15(11-27-16)12-1-3-14(4-2-12)25-5-7-28(26)8-6-25;12-8-11(6-7-11)13-10(14)9-4-2-1-3-5-9/h1-4,9-11H,5-8H2;9H,1-7H2,(H,13,14). The lowest BCUT2D eigenvalue weighted by molar-refractivity contribution is -0.145. The third kappa shape index (κ3) is 7.34. The summed E-state index contributed by atoms with van der Waals surface area (Å²) in [6.45, 7) is 1.52. The Hall–Kier alpha value is -3.79. The van der Waals surface area contributed by atoms with Crippen LogP contribution < -0.4 is 10.2 Å². The first-order valence-electron chi connectivity index (χ1n) is 13.9. The monoisotopic (exact) mass is 600 g/mol. The third-order valence-electron chi connectivity index (χ3n) is 7.66. The van der Waals surface area contributed by atoms with E-state index in [-0.39, 0.29) is 23.3 Å². The molecule has 1 aromatic carbocycles. The SMILES string of the molecule is N#CC1(NC(=O)C2CCCCC2)CC1.O=S1CCN(c2ccc(-c3coc(-c4cnc(C(F)(F)F)nc4)n3)cc2)CC1. The van der Waals surface area contributed by atoms with Crippen LogP contribution in [-0.4, -0.2) is 55.2 Å². The molecule has 2 aliphatic carbocycles. The first-order chi connectivity index (χ1) is 20.2. The molecule has 222 valence electrons. The fourth-order valence-corrected chi connectivity index (χ4v) is 6.01. The summed E-state index contributed by atoms with van der Waals surface area (Å²) in [6.07, 6.45) is 6.19. The highest BCUT2D eigenvalue weighted by atomic mass is 32.2. The highest BCUT2D eigenvalue weighted by Crippen LogP contribution is 2.35. The molecule has 1 saturated heterocycles. The number of amides is 1. The lowest BCUT2D eigenvalue weighted by atomic mass is 9.88. The third-order valence-corrected chi connectivity index (χ3v) is 8.94. The molecule has 9 nitrogen and oxygen atoms in total. The maximum atomic E-state index is 12.6. The molecule has 1 amide bonds. The number of nitriles is 1. The summed E-state index contributed by atoms with van der Waals surface area (Å²) in [5.74, 6) is 0.567. The minimum absolute atomic E-state index is 0.115. The highest BCUT2D eigenvalue weighted by Gasteiger charge is 2.45. The van der Waals surface area contributed by atoms with E-state index in [4.69, 9.17) is 9.68 Å². The number of hydrogen-bond acceptors (Lipinski definition) is 8. The fourth-order valence-electron chi connectivity index (χ4n) is 4.96. The summed E-state index contributed by atoms with van der Waals surface area (Å²) in [4.78, 5) is 24.9. The molecule has 0 radical (unpaired) electrons. The Kier molecular flexibility index (Phi) is 8.91. The summed E-state index contributed by atoms with van der Waals surface area (Å²) in [6, 6.07) is 9.89. The van der Waals surface area contributed by atoms with Crippen LogP contribution in [0.25, 0.3) is 22.7 Å². The summed E-state index contributed by atoms with van der Waals surface area (Å²) >= 11 is 0. The zero-order valence-corrected chi connectivity index (χ0v) is 23.7. The van der Waals surface area contributed by atoms with Gasteiger partial charge in [-0.05, 0) is 37.8 Å². The van der Waals surface area contributed by atoms with E-state index < -0.39 is 28.3 Å². The Bertz CT molecular complexity index is 1430. The van der Waals surface area contributed by atoms with Gasteiger partial charge in [0.1, 0.15) is 17.5 Å². The molecule has 2 aromatic heterocycles. The molecular weight excluding hydrogens is 569 g/mol. The van der Waals surface area contributed by atoms with Crippen molar-refractivity contribution in [3.63, 3.8) is 0 Å². The number of carbonyl (C=O) groups is 1.